The highest BCUT2D eigenvalue weighted by Crippen LogP contribution is 2.21. The summed E-state index contributed by atoms with van der Waals surface area (Å²) in [6, 6.07) is 0.750. The number of likely N-dealkylation sites (N-methyl/N-ethyl adjacent to an activating group) is 2. The van der Waals surface area contributed by atoms with Gasteiger partial charge in [-0.3, -0.25) is 0 Å². The molecule has 21 heavy (non-hydrogen) atoms. The third kappa shape index (κ3) is 5.85. The summed E-state index contributed by atoms with van der Waals surface area (Å²) < 4.78 is 6.19. The third-order valence-electron chi connectivity index (χ3n) is 4.83. The first-order chi connectivity index (χ1) is 10.0. The van der Waals surface area contributed by atoms with Crippen molar-refractivity contribution in [2.75, 3.05) is 46.8 Å². The first-order valence-corrected chi connectivity index (χ1v) is 8.79. The molecule has 124 valence electrons. The van der Waals surface area contributed by atoms with E-state index < -0.39 is 0 Å². The van der Waals surface area contributed by atoms with E-state index in [1.165, 1.54) is 38.8 Å². The van der Waals surface area contributed by atoms with Gasteiger partial charge in [0.1, 0.15) is 0 Å². The van der Waals surface area contributed by atoms with Crippen molar-refractivity contribution in [3.63, 3.8) is 0 Å². The topological polar surface area (TPSA) is 27.7 Å². The van der Waals surface area contributed by atoms with Gasteiger partial charge in [0.15, 0.2) is 0 Å². The Morgan fingerprint density at radius 2 is 1.95 bits per heavy atom. The molecule has 0 saturated carbocycles. The smallest absolute Gasteiger partial charge is 0.0707 e. The van der Waals surface area contributed by atoms with Gasteiger partial charge in [-0.2, -0.15) is 0 Å². The lowest BCUT2D eigenvalue weighted by molar-refractivity contribution is 0.0247. The van der Waals surface area contributed by atoms with Crippen LogP contribution in [0.2, 0.25) is 0 Å². The maximum absolute atomic E-state index is 6.19. The van der Waals surface area contributed by atoms with Crippen molar-refractivity contribution in [3.8, 4) is 0 Å². The molecule has 0 bridgehead atoms. The van der Waals surface area contributed by atoms with E-state index in [1.54, 1.807) is 0 Å². The zero-order chi connectivity index (χ0) is 15.2. The Kier molecular flexibility index (Phi) is 6.93. The molecule has 3 unspecified atom stereocenters. The lowest BCUT2D eigenvalue weighted by atomic mass is 10.1. The Hall–Kier alpha value is -0.160. The number of ether oxygens (including phenoxy) is 1. The minimum atomic E-state index is 0.427. The standard InChI is InChI=1S/C17H35N3O/c1-14(2)10-18-11-16-7-8-17(21-16)13-19(3)12-15-6-5-9-20(15)4/h14-18H,5-13H2,1-4H3. The van der Waals surface area contributed by atoms with Gasteiger partial charge >= 0.3 is 0 Å². The van der Waals surface area contributed by atoms with E-state index in [1.807, 2.05) is 0 Å². The summed E-state index contributed by atoms with van der Waals surface area (Å²) in [5.74, 6) is 0.719. The summed E-state index contributed by atoms with van der Waals surface area (Å²) in [7, 11) is 4.51. The monoisotopic (exact) mass is 297 g/mol. The van der Waals surface area contributed by atoms with E-state index in [4.69, 9.17) is 4.74 Å². The molecule has 4 heteroatoms. The van der Waals surface area contributed by atoms with Crippen LogP contribution in [0.25, 0.3) is 0 Å². The zero-order valence-electron chi connectivity index (χ0n) is 14.5. The van der Waals surface area contributed by atoms with Crippen LogP contribution >= 0.6 is 0 Å². The Balaban J connectivity index is 1.60. The molecule has 0 spiro atoms. The van der Waals surface area contributed by atoms with E-state index >= 15 is 0 Å². The molecule has 2 heterocycles. The van der Waals surface area contributed by atoms with E-state index in [0.29, 0.717) is 12.2 Å². The number of rotatable bonds is 8. The molecule has 0 aromatic carbocycles. The maximum atomic E-state index is 6.19. The quantitative estimate of drug-likeness (QED) is 0.739. The largest absolute Gasteiger partial charge is 0.372 e. The molecule has 0 radical (unpaired) electrons. The van der Waals surface area contributed by atoms with Crippen molar-refractivity contribution in [2.45, 2.75) is 57.8 Å². The molecule has 0 aliphatic carbocycles. The van der Waals surface area contributed by atoms with Gasteiger partial charge in [-0.05, 0) is 58.8 Å². The fourth-order valence-corrected chi connectivity index (χ4v) is 3.59. The van der Waals surface area contributed by atoms with E-state index in [2.05, 4.69) is 43.1 Å². The van der Waals surface area contributed by atoms with Gasteiger partial charge in [-0.25, -0.2) is 0 Å². The molecule has 0 amide bonds. The van der Waals surface area contributed by atoms with Crippen LogP contribution in [0, 0.1) is 5.92 Å². The number of hydrogen-bond donors (Lipinski definition) is 1. The molecular formula is C17H35N3O. The average Bonchev–Trinajstić information content (AvgIpc) is 3.00. The van der Waals surface area contributed by atoms with Crippen LogP contribution in [-0.4, -0.2) is 74.9 Å². The number of nitrogens with one attached hydrogen (secondary N) is 1. The second kappa shape index (κ2) is 8.47. The molecule has 4 nitrogen and oxygen atoms in total. The number of likely N-dealkylation sites (tertiary alicyclic amines) is 1. The predicted molar refractivity (Wildman–Crippen MR) is 88.8 cm³/mol. The lowest BCUT2D eigenvalue weighted by Crippen LogP contribution is -2.40. The highest BCUT2D eigenvalue weighted by Gasteiger charge is 2.27. The van der Waals surface area contributed by atoms with Crippen molar-refractivity contribution in [2.24, 2.45) is 5.92 Å². The number of hydrogen-bond acceptors (Lipinski definition) is 4. The van der Waals surface area contributed by atoms with Crippen LogP contribution in [0.15, 0.2) is 0 Å². The van der Waals surface area contributed by atoms with Gasteiger partial charge < -0.3 is 19.9 Å². The summed E-state index contributed by atoms with van der Waals surface area (Å²) in [5, 5.41) is 3.52. The highest BCUT2D eigenvalue weighted by molar-refractivity contribution is 4.82. The molecule has 2 aliphatic rings. The van der Waals surface area contributed by atoms with Gasteiger partial charge in [0.05, 0.1) is 12.2 Å². The number of nitrogens with zero attached hydrogens (tertiary/aromatic N) is 2. The fraction of sp³-hybridized carbons (Fsp3) is 1.00. The molecule has 0 aromatic heterocycles. The second-order valence-corrected chi connectivity index (χ2v) is 7.51. The molecule has 0 aromatic rings. The van der Waals surface area contributed by atoms with E-state index in [9.17, 15) is 0 Å². The normalized spacial score (nSPS) is 30.9. The van der Waals surface area contributed by atoms with Gasteiger partial charge in [0.2, 0.25) is 0 Å². The van der Waals surface area contributed by atoms with Gasteiger partial charge in [0.25, 0.3) is 0 Å². The van der Waals surface area contributed by atoms with Crippen molar-refractivity contribution >= 4 is 0 Å². The van der Waals surface area contributed by atoms with Crippen LogP contribution in [0.3, 0.4) is 0 Å². The van der Waals surface area contributed by atoms with Gasteiger partial charge in [-0.15, -0.1) is 0 Å². The minimum Gasteiger partial charge on any atom is -0.372 e. The average molecular weight is 297 g/mol. The summed E-state index contributed by atoms with van der Waals surface area (Å²) in [6.45, 7) is 10.2. The minimum absolute atomic E-state index is 0.427. The summed E-state index contributed by atoms with van der Waals surface area (Å²) >= 11 is 0. The molecule has 2 fully saturated rings. The predicted octanol–water partition coefficient (Wildman–Crippen LogP) is 1.81. The van der Waals surface area contributed by atoms with Crippen LogP contribution < -0.4 is 5.32 Å². The molecule has 2 aliphatic heterocycles. The SMILES string of the molecule is CC(C)CNCC1CCC(CN(C)CC2CCCN2C)O1. The summed E-state index contributed by atoms with van der Waals surface area (Å²) in [6.07, 6.45) is 6.02. The van der Waals surface area contributed by atoms with Crippen molar-refractivity contribution in [3.05, 3.63) is 0 Å². The Labute approximate surface area is 131 Å². The fourth-order valence-electron chi connectivity index (χ4n) is 3.59. The van der Waals surface area contributed by atoms with Crippen molar-refractivity contribution in [1.82, 2.24) is 15.1 Å². The Bertz CT molecular complexity index is 298. The van der Waals surface area contributed by atoms with Crippen LogP contribution in [0.4, 0.5) is 0 Å². The van der Waals surface area contributed by atoms with Crippen LogP contribution in [0.5, 0.6) is 0 Å². The molecule has 1 N–H and O–H groups in total. The Morgan fingerprint density at radius 1 is 1.19 bits per heavy atom. The van der Waals surface area contributed by atoms with Crippen molar-refractivity contribution < 1.29 is 4.74 Å². The van der Waals surface area contributed by atoms with Crippen LogP contribution in [-0.2, 0) is 4.74 Å². The summed E-state index contributed by atoms with van der Waals surface area (Å²) in [5.41, 5.74) is 0. The van der Waals surface area contributed by atoms with Gasteiger partial charge in [0, 0.05) is 25.7 Å². The molecule has 2 saturated heterocycles. The van der Waals surface area contributed by atoms with Gasteiger partial charge in [-0.1, -0.05) is 13.8 Å². The zero-order valence-corrected chi connectivity index (χ0v) is 14.5. The first-order valence-electron chi connectivity index (χ1n) is 8.79. The van der Waals surface area contributed by atoms with Crippen LogP contribution in [0.1, 0.15) is 39.5 Å². The summed E-state index contributed by atoms with van der Waals surface area (Å²) in [4.78, 5) is 4.98. The lowest BCUT2D eigenvalue weighted by Gasteiger charge is -2.27. The first kappa shape index (κ1) is 17.2. The second-order valence-electron chi connectivity index (χ2n) is 7.51. The van der Waals surface area contributed by atoms with Crippen molar-refractivity contribution in [1.29, 1.82) is 0 Å². The maximum Gasteiger partial charge on any atom is 0.0707 e. The molecular weight excluding hydrogens is 262 g/mol. The Morgan fingerprint density at radius 3 is 2.62 bits per heavy atom. The molecule has 3 atom stereocenters. The van der Waals surface area contributed by atoms with E-state index in [-0.39, 0.29) is 0 Å². The highest BCUT2D eigenvalue weighted by atomic mass is 16.5. The molecule has 2 rings (SSSR count). The van der Waals surface area contributed by atoms with E-state index in [0.717, 1.165) is 31.6 Å². The third-order valence-corrected chi connectivity index (χ3v) is 4.83.